The summed E-state index contributed by atoms with van der Waals surface area (Å²) in [6.07, 6.45) is 14.2. The van der Waals surface area contributed by atoms with Crippen molar-refractivity contribution in [1.82, 2.24) is 25.1 Å². The van der Waals surface area contributed by atoms with Crippen LogP contribution in [-0.4, -0.2) is 59.9 Å². The van der Waals surface area contributed by atoms with Gasteiger partial charge in [0.1, 0.15) is 6.29 Å². The monoisotopic (exact) mass is 481 g/mol. The molecule has 7 nitrogen and oxygen atoms in total. The zero-order valence-corrected chi connectivity index (χ0v) is 21.8. The quantitative estimate of drug-likeness (QED) is 0.252. The van der Waals surface area contributed by atoms with E-state index in [1.807, 2.05) is 37.6 Å². The van der Waals surface area contributed by atoms with Crippen LogP contribution in [0.1, 0.15) is 60.9 Å². The van der Waals surface area contributed by atoms with Crippen molar-refractivity contribution < 1.29 is 9.59 Å². The number of hydrogen-bond donors (Lipinski definition) is 2. The molecule has 1 unspecified atom stereocenters. The van der Waals surface area contributed by atoms with Gasteiger partial charge in [-0.05, 0) is 75.4 Å². The number of nitrogens with one attached hydrogen (secondary N) is 2. The number of unbranched alkanes of at least 4 members (excludes halogenated alkanes) is 2. The summed E-state index contributed by atoms with van der Waals surface area (Å²) in [5, 5.41) is 6.29. The number of amides is 1. The second-order valence-corrected chi connectivity index (χ2v) is 9.19. The predicted molar refractivity (Wildman–Crippen MR) is 143 cm³/mol. The Morgan fingerprint density at radius 1 is 1.20 bits per heavy atom. The highest BCUT2D eigenvalue weighted by Crippen LogP contribution is 2.19. The molecule has 2 rings (SSSR count). The van der Waals surface area contributed by atoms with Gasteiger partial charge in [-0.25, -0.2) is 4.98 Å². The van der Waals surface area contributed by atoms with Gasteiger partial charge in [-0.3, -0.25) is 9.69 Å². The van der Waals surface area contributed by atoms with Gasteiger partial charge in [0.25, 0.3) is 0 Å². The lowest BCUT2D eigenvalue weighted by Gasteiger charge is -2.27. The maximum Gasteiger partial charge on any atom is 0.237 e. The summed E-state index contributed by atoms with van der Waals surface area (Å²) in [4.78, 5) is 29.4. The molecule has 1 heterocycles. The normalized spacial score (nSPS) is 12.0. The second kappa shape index (κ2) is 16.0. The van der Waals surface area contributed by atoms with E-state index >= 15 is 0 Å². The largest absolute Gasteiger partial charge is 0.358 e. The Kier molecular flexibility index (Phi) is 13.0. The molecule has 192 valence electrons. The molecule has 1 aromatic carbocycles. The van der Waals surface area contributed by atoms with Crippen LogP contribution in [0.15, 0.2) is 37.3 Å². The van der Waals surface area contributed by atoms with Crippen LogP contribution in [-0.2, 0) is 36.0 Å². The van der Waals surface area contributed by atoms with Crippen LogP contribution in [0.3, 0.4) is 0 Å². The first-order valence-electron chi connectivity index (χ1n) is 12.8. The van der Waals surface area contributed by atoms with Crippen LogP contribution in [0, 0.1) is 0 Å². The van der Waals surface area contributed by atoms with E-state index in [9.17, 15) is 9.59 Å². The van der Waals surface area contributed by atoms with E-state index in [-0.39, 0.29) is 11.9 Å². The van der Waals surface area contributed by atoms with Crippen molar-refractivity contribution in [2.75, 3.05) is 27.2 Å². The van der Waals surface area contributed by atoms with Crippen molar-refractivity contribution in [3.05, 3.63) is 59.7 Å². The first-order chi connectivity index (χ1) is 17.0. The Balaban J connectivity index is 1.75. The summed E-state index contributed by atoms with van der Waals surface area (Å²) in [5.41, 5.74) is 4.83. The van der Waals surface area contributed by atoms with E-state index < -0.39 is 0 Å². The Hall–Kier alpha value is -2.77. The van der Waals surface area contributed by atoms with E-state index in [1.54, 1.807) is 7.05 Å². The Bertz CT molecular complexity index is 924. The minimum atomic E-state index is -0.333. The van der Waals surface area contributed by atoms with Crippen LogP contribution in [0.2, 0.25) is 0 Å². The third kappa shape index (κ3) is 9.78. The average Bonchev–Trinajstić information content (AvgIpc) is 3.27. The lowest BCUT2D eigenvalue weighted by molar-refractivity contribution is -0.126. The second-order valence-electron chi connectivity index (χ2n) is 9.19. The predicted octanol–water partition coefficient (Wildman–Crippen LogP) is 3.52. The van der Waals surface area contributed by atoms with Gasteiger partial charge in [-0.1, -0.05) is 37.3 Å². The number of imidazole rings is 1. The van der Waals surface area contributed by atoms with Crippen LogP contribution < -0.4 is 10.6 Å². The molecule has 35 heavy (non-hydrogen) atoms. The van der Waals surface area contributed by atoms with Gasteiger partial charge < -0.3 is 20.0 Å². The molecule has 0 aliphatic rings. The molecule has 0 spiro atoms. The van der Waals surface area contributed by atoms with Crippen molar-refractivity contribution in [3.63, 3.8) is 0 Å². The third-order valence-corrected chi connectivity index (χ3v) is 6.51. The minimum absolute atomic E-state index is 0.0614. The van der Waals surface area contributed by atoms with Gasteiger partial charge >= 0.3 is 0 Å². The first-order valence-corrected chi connectivity index (χ1v) is 12.8. The molecule has 2 aromatic rings. The zero-order valence-electron chi connectivity index (χ0n) is 21.8. The van der Waals surface area contributed by atoms with Gasteiger partial charge in [-0.15, -0.1) is 0 Å². The molecule has 7 heteroatoms. The smallest absolute Gasteiger partial charge is 0.237 e. The first kappa shape index (κ1) is 28.5. The van der Waals surface area contributed by atoms with Gasteiger partial charge in [0, 0.05) is 39.0 Å². The number of benzene rings is 1. The fourth-order valence-corrected chi connectivity index (χ4v) is 4.37. The van der Waals surface area contributed by atoms with E-state index in [2.05, 4.69) is 45.0 Å². The number of carbonyl (C=O) groups is 2. The van der Waals surface area contributed by atoms with Crippen LogP contribution in [0.4, 0.5) is 0 Å². The standard InChI is InChI=1S/C28H43N5O2/c1-5-24-15-14-23(19-25(24)21-32(3)27(13-10-18-34)28(35)29-2)11-9-17-30-16-8-6-7-12-26-20-31-22-33(26)4/h5,14-15,18-20,22,27,30H,1,6-13,16-17,21H2,2-4H3,(H,29,35). The fraction of sp³-hybridized carbons (Fsp3) is 0.536. The summed E-state index contributed by atoms with van der Waals surface area (Å²) in [7, 11) is 5.62. The molecule has 0 fully saturated rings. The Labute approximate surface area is 211 Å². The Morgan fingerprint density at radius 3 is 2.69 bits per heavy atom. The van der Waals surface area contributed by atoms with E-state index in [0.29, 0.717) is 19.4 Å². The third-order valence-electron chi connectivity index (χ3n) is 6.51. The molecule has 0 aliphatic heterocycles. The molecule has 1 aromatic heterocycles. The number of aryl methyl sites for hydroxylation is 3. The molecule has 1 amide bonds. The number of likely N-dealkylation sites (N-methyl/N-ethyl adjacent to an activating group) is 2. The van der Waals surface area contributed by atoms with Crippen molar-refractivity contribution in [2.45, 2.75) is 64.0 Å². The molecule has 2 N–H and O–H groups in total. The Morgan fingerprint density at radius 2 is 2.00 bits per heavy atom. The SMILES string of the molecule is C=Cc1ccc(CCCNCCCCCc2cncn2C)cc1CN(C)C(CCC=O)C(=O)NC. The summed E-state index contributed by atoms with van der Waals surface area (Å²) in [6.45, 7) is 6.64. The molecular formula is C28H43N5O2. The van der Waals surface area contributed by atoms with E-state index in [4.69, 9.17) is 0 Å². The summed E-state index contributed by atoms with van der Waals surface area (Å²) < 4.78 is 2.09. The van der Waals surface area contributed by atoms with Crippen LogP contribution in [0.5, 0.6) is 0 Å². The summed E-state index contributed by atoms with van der Waals surface area (Å²) in [5.74, 6) is -0.0614. The summed E-state index contributed by atoms with van der Waals surface area (Å²) in [6, 6.07) is 6.18. The van der Waals surface area contributed by atoms with Crippen molar-refractivity contribution in [1.29, 1.82) is 0 Å². The van der Waals surface area contributed by atoms with Gasteiger partial charge in [0.2, 0.25) is 5.91 Å². The minimum Gasteiger partial charge on any atom is -0.358 e. The topological polar surface area (TPSA) is 79.3 Å². The number of aromatic nitrogens is 2. The van der Waals surface area contributed by atoms with Crippen molar-refractivity contribution in [3.8, 4) is 0 Å². The highest BCUT2D eigenvalue weighted by atomic mass is 16.2. The van der Waals surface area contributed by atoms with E-state index in [1.165, 1.54) is 30.5 Å². The number of rotatable bonds is 18. The number of hydrogen-bond acceptors (Lipinski definition) is 5. The fourth-order valence-electron chi connectivity index (χ4n) is 4.37. The van der Waals surface area contributed by atoms with E-state index in [0.717, 1.165) is 49.8 Å². The zero-order chi connectivity index (χ0) is 25.5. The average molecular weight is 482 g/mol. The van der Waals surface area contributed by atoms with Gasteiger partial charge in [0.05, 0.1) is 12.4 Å². The number of nitrogens with zero attached hydrogens (tertiary/aromatic N) is 3. The maximum absolute atomic E-state index is 12.3. The molecule has 0 saturated carbocycles. The van der Waals surface area contributed by atoms with Gasteiger partial charge in [-0.2, -0.15) is 0 Å². The summed E-state index contributed by atoms with van der Waals surface area (Å²) >= 11 is 0. The molecular weight excluding hydrogens is 438 g/mol. The lowest BCUT2D eigenvalue weighted by atomic mass is 9.99. The number of aldehydes is 1. The maximum atomic E-state index is 12.3. The highest BCUT2D eigenvalue weighted by molar-refractivity contribution is 5.81. The van der Waals surface area contributed by atoms with Gasteiger partial charge in [0.15, 0.2) is 0 Å². The van der Waals surface area contributed by atoms with Crippen LogP contribution in [0.25, 0.3) is 6.08 Å². The van der Waals surface area contributed by atoms with Crippen molar-refractivity contribution >= 4 is 18.3 Å². The molecule has 0 aliphatic carbocycles. The lowest BCUT2D eigenvalue weighted by Crippen LogP contribution is -2.43. The molecule has 1 atom stereocenters. The number of carbonyl (C=O) groups excluding carboxylic acids is 2. The molecule has 0 bridgehead atoms. The van der Waals surface area contributed by atoms with Crippen molar-refractivity contribution in [2.24, 2.45) is 7.05 Å². The van der Waals surface area contributed by atoms with Crippen LogP contribution >= 0.6 is 0 Å². The molecule has 0 radical (unpaired) electrons. The molecule has 0 saturated heterocycles. The highest BCUT2D eigenvalue weighted by Gasteiger charge is 2.22.